The average molecular weight is 388 g/mol. The Balaban J connectivity index is 2.30. The van der Waals surface area contributed by atoms with Crippen LogP contribution in [-0.4, -0.2) is 50.1 Å². The number of ether oxygens (including phenoxy) is 3. The Labute approximate surface area is 163 Å². The van der Waals surface area contributed by atoms with Crippen molar-refractivity contribution >= 4 is 23.7 Å². The number of methoxy groups -OCH3 is 3. The van der Waals surface area contributed by atoms with Crippen molar-refractivity contribution in [1.82, 2.24) is 0 Å². The maximum atomic E-state index is 11.9. The Morgan fingerprint density at radius 2 is 1.75 bits per heavy atom. The van der Waals surface area contributed by atoms with Gasteiger partial charge in [0.15, 0.2) is 11.5 Å². The zero-order valence-electron chi connectivity index (χ0n) is 15.9. The van der Waals surface area contributed by atoms with E-state index in [4.69, 9.17) is 25.1 Å². The highest BCUT2D eigenvalue weighted by molar-refractivity contribution is 5.96. The topological polar surface area (TPSA) is 123 Å². The molecule has 5 N–H and O–H groups in total. The van der Waals surface area contributed by atoms with Crippen LogP contribution in [0.1, 0.15) is 11.1 Å². The first kappa shape index (κ1) is 21.1. The smallest absolute Gasteiger partial charge is 0.243 e. The van der Waals surface area contributed by atoms with E-state index in [0.717, 1.165) is 5.56 Å². The van der Waals surface area contributed by atoms with Crippen LogP contribution >= 0.6 is 0 Å². The maximum absolute atomic E-state index is 11.9. The number of aliphatic hydroxyl groups is 1. The van der Waals surface area contributed by atoms with Crippen LogP contribution in [0.4, 0.5) is 5.69 Å². The van der Waals surface area contributed by atoms with Gasteiger partial charge in [-0.05, 0) is 35.4 Å². The summed E-state index contributed by atoms with van der Waals surface area (Å²) in [5, 5.41) is 21.7. The molecule has 0 heterocycles. The number of anilines is 1. The van der Waals surface area contributed by atoms with E-state index in [1.165, 1.54) is 21.3 Å². The van der Waals surface area contributed by atoms with Crippen LogP contribution in [0.3, 0.4) is 0 Å². The molecule has 0 spiro atoms. The number of nitrogens with one attached hydrogen (secondary N) is 1. The van der Waals surface area contributed by atoms with Crippen LogP contribution < -0.4 is 25.3 Å². The SMILES string of the molecule is COc1ccc(/C=C\c2cc(O)c(OC)c(OC)c2)cc1NC(=O)[C@@H](N)CO. The molecule has 8 heteroatoms. The monoisotopic (exact) mass is 388 g/mol. The number of nitrogens with two attached hydrogens (primary N) is 1. The summed E-state index contributed by atoms with van der Waals surface area (Å²) in [5.41, 5.74) is 7.42. The van der Waals surface area contributed by atoms with Crippen molar-refractivity contribution in [2.75, 3.05) is 33.3 Å². The minimum absolute atomic E-state index is 0.0397. The van der Waals surface area contributed by atoms with Crippen molar-refractivity contribution in [3.63, 3.8) is 0 Å². The molecule has 2 aromatic carbocycles. The molecule has 0 aliphatic heterocycles. The van der Waals surface area contributed by atoms with E-state index < -0.39 is 18.6 Å². The molecule has 0 unspecified atom stereocenters. The largest absolute Gasteiger partial charge is 0.504 e. The second-order valence-electron chi connectivity index (χ2n) is 5.85. The van der Waals surface area contributed by atoms with Crippen molar-refractivity contribution in [3.8, 4) is 23.0 Å². The number of phenolic OH excluding ortho intramolecular Hbond substituents is 1. The van der Waals surface area contributed by atoms with E-state index in [1.807, 2.05) is 0 Å². The number of carbonyl (C=O) groups is 1. The zero-order valence-corrected chi connectivity index (χ0v) is 15.9. The first-order chi connectivity index (χ1) is 13.4. The highest BCUT2D eigenvalue weighted by atomic mass is 16.5. The lowest BCUT2D eigenvalue weighted by molar-refractivity contribution is -0.118. The van der Waals surface area contributed by atoms with Crippen LogP contribution in [0.15, 0.2) is 30.3 Å². The number of benzene rings is 2. The number of phenols is 1. The van der Waals surface area contributed by atoms with Gasteiger partial charge in [-0.1, -0.05) is 18.2 Å². The molecule has 0 fully saturated rings. The number of rotatable bonds is 8. The third kappa shape index (κ3) is 4.93. The molecule has 0 aromatic heterocycles. The summed E-state index contributed by atoms with van der Waals surface area (Å²) in [6.07, 6.45) is 3.57. The fourth-order valence-corrected chi connectivity index (χ4v) is 2.49. The molecule has 0 radical (unpaired) electrons. The predicted octanol–water partition coefficient (Wildman–Crippen LogP) is 1.85. The summed E-state index contributed by atoms with van der Waals surface area (Å²) in [4.78, 5) is 11.9. The summed E-state index contributed by atoms with van der Waals surface area (Å²) in [7, 11) is 4.42. The minimum Gasteiger partial charge on any atom is -0.504 e. The van der Waals surface area contributed by atoms with Gasteiger partial charge in [-0.25, -0.2) is 0 Å². The van der Waals surface area contributed by atoms with Crippen LogP contribution in [0, 0.1) is 0 Å². The molecule has 2 aromatic rings. The number of hydrogen-bond acceptors (Lipinski definition) is 7. The Kier molecular flexibility index (Phi) is 7.25. The normalized spacial score (nSPS) is 11.9. The van der Waals surface area contributed by atoms with Gasteiger partial charge in [0.1, 0.15) is 11.8 Å². The fourth-order valence-electron chi connectivity index (χ4n) is 2.49. The number of aromatic hydroxyl groups is 1. The Bertz CT molecular complexity index is 866. The molecule has 0 aliphatic carbocycles. The van der Waals surface area contributed by atoms with E-state index in [0.29, 0.717) is 22.7 Å². The van der Waals surface area contributed by atoms with E-state index in [1.54, 1.807) is 42.5 Å². The molecule has 0 saturated carbocycles. The van der Waals surface area contributed by atoms with Gasteiger partial charge in [-0.2, -0.15) is 0 Å². The molecule has 28 heavy (non-hydrogen) atoms. The van der Waals surface area contributed by atoms with Crippen LogP contribution in [0.5, 0.6) is 23.0 Å². The van der Waals surface area contributed by atoms with Gasteiger partial charge in [0.05, 0.1) is 33.6 Å². The van der Waals surface area contributed by atoms with Gasteiger partial charge in [0, 0.05) is 0 Å². The quantitative estimate of drug-likeness (QED) is 0.509. The molecule has 2 rings (SSSR count). The van der Waals surface area contributed by atoms with E-state index >= 15 is 0 Å². The molecule has 1 amide bonds. The Hall–Kier alpha value is -3.23. The van der Waals surface area contributed by atoms with Crippen molar-refractivity contribution in [2.24, 2.45) is 5.73 Å². The van der Waals surface area contributed by atoms with Gasteiger partial charge >= 0.3 is 0 Å². The van der Waals surface area contributed by atoms with Gasteiger partial charge in [-0.15, -0.1) is 0 Å². The molecule has 150 valence electrons. The molecule has 0 aliphatic rings. The minimum atomic E-state index is -1.03. The van der Waals surface area contributed by atoms with Crippen LogP contribution in [0.2, 0.25) is 0 Å². The first-order valence-corrected chi connectivity index (χ1v) is 8.41. The number of hydrogen-bond donors (Lipinski definition) is 4. The predicted molar refractivity (Wildman–Crippen MR) is 107 cm³/mol. The molecular formula is C20H24N2O6. The highest BCUT2D eigenvalue weighted by Gasteiger charge is 2.15. The van der Waals surface area contributed by atoms with Crippen molar-refractivity contribution in [2.45, 2.75) is 6.04 Å². The maximum Gasteiger partial charge on any atom is 0.243 e. The lowest BCUT2D eigenvalue weighted by Crippen LogP contribution is -2.38. The van der Waals surface area contributed by atoms with Crippen LogP contribution in [0.25, 0.3) is 12.2 Å². The first-order valence-electron chi connectivity index (χ1n) is 8.41. The Morgan fingerprint density at radius 3 is 2.36 bits per heavy atom. The average Bonchev–Trinajstić information content (AvgIpc) is 2.71. The fraction of sp³-hybridized carbons (Fsp3) is 0.250. The van der Waals surface area contributed by atoms with Gasteiger partial charge in [-0.3, -0.25) is 4.79 Å². The second kappa shape index (κ2) is 9.63. The number of aliphatic hydroxyl groups excluding tert-OH is 1. The molecule has 0 saturated heterocycles. The van der Waals surface area contributed by atoms with E-state index in [9.17, 15) is 9.90 Å². The summed E-state index contributed by atoms with van der Waals surface area (Å²) >= 11 is 0. The van der Waals surface area contributed by atoms with Crippen molar-refractivity contribution < 1.29 is 29.2 Å². The van der Waals surface area contributed by atoms with Gasteiger partial charge in [0.2, 0.25) is 11.7 Å². The van der Waals surface area contributed by atoms with Crippen molar-refractivity contribution in [3.05, 3.63) is 41.5 Å². The molecular weight excluding hydrogens is 364 g/mol. The van der Waals surface area contributed by atoms with Crippen molar-refractivity contribution in [1.29, 1.82) is 0 Å². The second-order valence-corrected chi connectivity index (χ2v) is 5.85. The molecule has 8 nitrogen and oxygen atoms in total. The summed E-state index contributed by atoms with van der Waals surface area (Å²) in [5.74, 6) is 0.561. The Morgan fingerprint density at radius 1 is 1.07 bits per heavy atom. The molecule has 1 atom stereocenters. The van der Waals surface area contributed by atoms with Gasteiger partial charge in [0.25, 0.3) is 0 Å². The summed E-state index contributed by atoms with van der Waals surface area (Å²) in [6, 6.07) is 7.45. The molecule has 0 bridgehead atoms. The summed E-state index contributed by atoms with van der Waals surface area (Å²) < 4.78 is 15.6. The van der Waals surface area contributed by atoms with E-state index in [2.05, 4.69) is 5.32 Å². The third-order valence-corrected chi connectivity index (χ3v) is 3.96. The van der Waals surface area contributed by atoms with Crippen LogP contribution in [-0.2, 0) is 4.79 Å². The zero-order chi connectivity index (χ0) is 20.7. The summed E-state index contributed by atoms with van der Waals surface area (Å²) in [6.45, 7) is -0.462. The lowest BCUT2D eigenvalue weighted by Gasteiger charge is -2.13. The third-order valence-electron chi connectivity index (χ3n) is 3.96. The van der Waals surface area contributed by atoms with Gasteiger partial charge < -0.3 is 35.5 Å². The highest BCUT2D eigenvalue weighted by Crippen LogP contribution is 2.38. The number of carbonyl (C=O) groups excluding carboxylic acids is 1. The lowest BCUT2D eigenvalue weighted by atomic mass is 10.1. The standard InChI is InChI=1S/C20H24N2O6/c1-26-17-7-6-12(8-15(17)22-20(25)14(21)11-23)4-5-13-9-16(24)19(28-3)18(10-13)27-2/h4-10,14,23-24H,11,21H2,1-3H3,(H,22,25)/b5-4-/t14-/m0/s1. The number of amides is 1. The van der Waals surface area contributed by atoms with E-state index in [-0.39, 0.29) is 11.5 Å².